The molecule has 3 aromatic rings. The molecule has 6 radical (unpaired) electrons. The fourth-order valence-electron chi connectivity index (χ4n) is 4.47. The highest BCUT2D eigenvalue weighted by molar-refractivity contribution is 6.61. The Morgan fingerprint density at radius 3 is 0.917 bits per heavy atom. The number of carbonyl (C=O) groups excluding carboxylic acids is 6. The first-order valence-electron chi connectivity index (χ1n) is 18.4. The summed E-state index contributed by atoms with van der Waals surface area (Å²) in [7, 11) is 1.25. The maximum Gasteiger partial charge on any atom is 0.549 e. The van der Waals surface area contributed by atoms with E-state index in [9.17, 15) is 28.8 Å². The van der Waals surface area contributed by atoms with Crippen LogP contribution in [0.2, 0.25) is 0 Å². The second-order valence-electron chi connectivity index (χ2n) is 12.9. The molecule has 0 saturated carbocycles. The van der Waals surface area contributed by atoms with E-state index >= 15 is 0 Å². The zero-order chi connectivity index (χ0) is 44.1. The predicted molar refractivity (Wildman–Crippen MR) is 220 cm³/mol. The third-order valence-electron chi connectivity index (χ3n) is 8.48. The minimum absolute atomic E-state index is 0.000675. The van der Waals surface area contributed by atoms with E-state index in [1.807, 2.05) is 59.8 Å². The lowest BCUT2D eigenvalue weighted by molar-refractivity contribution is -0.217. The molecule has 0 atom stereocenters. The van der Waals surface area contributed by atoms with Gasteiger partial charge in [0.05, 0.1) is 22.1 Å². The van der Waals surface area contributed by atoms with Gasteiger partial charge in [0.1, 0.15) is 48.4 Å². The molecular formula is C42H44O15Si3. The first-order valence-corrected chi connectivity index (χ1v) is 21.4. The largest absolute Gasteiger partial charge is 0.549 e. The van der Waals surface area contributed by atoms with Crippen molar-refractivity contribution in [3.8, 4) is 0 Å². The summed E-state index contributed by atoms with van der Waals surface area (Å²) >= 11 is 0. The van der Waals surface area contributed by atoms with Crippen molar-refractivity contribution in [2.45, 2.75) is 54.9 Å². The molecule has 0 fully saturated rings. The Bertz CT molecular complexity index is 1810. The molecule has 0 aliphatic carbocycles. The van der Waals surface area contributed by atoms with Crippen molar-refractivity contribution in [1.29, 1.82) is 0 Å². The van der Waals surface area contributed by atoms with Gasteiger partial charge in [-0.2, -0.15) is 14.4 Å². The first kappa shape index (κ1) is 48.1. The Balaban J connectivity index is 1.61. The SMILES string of the molecule is C/C=C(\C)[Si]c1ccc(C(=O)OOC(=O)OCC(CC)(COC(=O)OOC(=O)c2ccc([Si]/C(C)=C/C)cc2)COC(=O)OOC(=O)c2ccc([Si]/C(C)=C/C)cc2)cc1. The van der Waals surface area contributed by atoms with Crippen LogP contribution < -0.4 is 15.6 Å². The van der Waals surface area contributed by atoms with Crippen molar-refractivity contribution < 1.29 is 72.3 Å². The number of benzene rings is 3. The summed E-state index contributed by atoms with van der Waals surface area (Å²) in [5.41, 5.74) is -1.22. The molecule has 60 heavy (non-hydrogen) atoms. The third-order valence-corrected chi connectivity index (χ3v) is 12.4. The topological polar surface area (TPSA) is 185 Å². The van der Waals surface area contributed by atoms with E-state index < -0.39 is 61.6 Å². The molecule has 314 valence electrons. The van der Waals surface area contributed by atoms with Gasteiger partial charge in [-0.05, 0) is 84.4 Å². The van der Waals surface area contributed by atoms with Crippen LogP contribution in [-0.4, -0.2) is 84.8 Å². The van der Waals surface area contributed by atoms with Crippen LogP contribution in [0.5, 0.6) is 0 Å². The molecule has 0 aliphatic rings. The van der Waals surface area contributed by atoms with Gasteiger partial charge in [-0.25, -0.2) is 43.7 Å². The lowest BCUT2D eigenvalue weighted by Gasteiger charge is -2.29. The number of allylic oxidation sites excluding steroid dienone is 6. The van der Waals surface area contributed by atoms with Crippen molar-refractivity contribution >= 4 is 80.5 Å². The highest BCUT2D eigenvalue weighted by Gasteiger charge is 2.36. The van der Waals surface area contributed by atoms with Crippen molar-refractivity contribution in [2.24, 2.45) is 5.41 Å². The van der Waals surface area contributed by atoms with Gasteiger partial charge >= 0.3 is 36.4 Å². The Morgan fingerprint density at radius 1 is 0.450 bits per heavy atom. The normalized spacial score (nSPS) is 11.8. The van der Waals surface area contributed by atoms with Gasteiger partial charge in [0.2, 0.25) is 0 Å². The number of carbonyl (C=O) groups is 6. The third kappa shape index (κ3) is 16.5. The summed E-state index contributed by atoms with van der Waals surface area (Å²) in [5.74, 6) is -2.94. The van der Waals surface area contributed by atoms with Gasteiger partial charge in [0.15, 0.2) is 0 Å². The second-order valence-corrected chi connectivity index (χ2v) is 17.7. The highest BCUT2D eigenvalue weighted by Crippen LogP contribution is 2.25. The van der Waals surface area contributed by atoms with E-state index in [1.54, 1.807) is 43.3 Å². The molecule has 0 bridgehead atoms. The van der Waals surface area contributed by atoms with E-state index in [-0.39, 0.29) is 23.1 Å². The molecule has 0 saturated heterocycles. The van der Waals surface area contributed by atoms with Gasteiger partial charge in [-0.1, -0.05) is 92.7 Å². The zero-order valence-electron chi connectivity index (χ0n) is 34.1. The van der Waals surface area contributed by atoms with Crippen LogP contribution >= 0.6 is 0 Å². The Labute approximate surface area is 355 Å². The standard InChI is InChI=1S/C42H44O15Si3/c1-8-27(5)58-33-18-12-30(13-19-33)36(43)52-55-39(46)49-24-42(11-4,25-50-40(47)56-53-37(44)31-14-20-34(21-15-31)59-28(6)9-2)26-51-41(48)57-54-38(45)32-16-22-35(23-17-32)60-29(7)10-3/h8-10,12-23H,11,24-26H2,1-7H3/b27-8+,28-9+,29-10+. The fraction of sp³-hybridized carbons (Fsp3) is 0.286. The smallest absolute Gasteiger partial charge is 0.431 e. The van der Waals surface area contributed by atoms with Crippen molar-refractivity contribution in [3.05, 3.63) is 123 Å². The maximum absolute atomic E-state index is 12.5. The van der Waals surface area contributed by atoms with E-state index in [4.69, 9.17) is 14.2 Å². The van der Waals surface area contributed by atoms with Crippen molar-refractivity contribution in [1.82, 2.24) is 0 Å². The molecule has 0 aliphatic heterocycles. The van der Waals surface area contributed by atoms with Crippen molar-refractivity contribution in [2.75, 3.05) is 19.8 Å². The lowest BCUT2D eigenvalue weighted by Crippen LogP contribution is -2.39. The van der Waals surface area contributed by atoms with Gasteiger partial charge in [0.25, 0.3) is 0 Å². The number of hydrogen-bond acceptors (Lipinski definition) is 15. The van der Waals surface area contributed by atoms with Gasteiger partial charge in [-0.15, -0.1) is 0 Å². The second kappa shape index (κ2) is 24.6. The van der Waals surface area contributed by atoms with E-state index in [0.717, 1.165) is 31.1 Å². The molecular weight excluding hydrogens is 829 g/mol. The summed E-state index contributed by atoms with van der Waals surface area (Å²) < 4.78 is 15.4. The molecule has 0 unspecified atom stereocenters. The molecule has 0 heterocycles. The molecule has 0 aromatic heterocycles. The lowest BCUT2D eigenvalue weighted by atomic mass is 9.88. The summed E-state index contributed by atoms with van der Waals surface area (Å²) in [6, 6.07) is 19.5. The highest BCUT2D eigenvalue weighted by atomic mass is 28.2. The Morgan fingerprint density at radius 2 is 0.700 bits per heavy atom. The van der Waals surface area contributed by atoms with Crippen LogP contribution in [0.3, 0.4) is 0 Å². The predicted octanol–water partition coefficient (Wildman–Crippen LogP) is 5.92. The Kier molecular flexibility index (Phi) is 19.7. The fourth-order valence-corrected chi connectivity index (χ4v) is 7.27. The summed E-state index contributed by atoms with van der Waals surface area (Å²) in [6.45, 7) is 11.4. The minimum Gasteiger partial charge on any atom is -0.431 e. The molecule has 3 aromatic carbocycles. The average molecular weight is 873 g/mol. The minimum atomic E-state index is -1.53. The van der Waals surface area contributed by atoms with Crippen LogP contribution in [0.1, 0.15) is 86.0 Å². The molecule has 0 spiro atoms. The molecule has 18 heteroatoms. The van der Waals surface area contributed by atoms with Gasteiger partial charge < -0.3 is 14.2 Å². The quantitative estimate of drug-likeness (QED) is 0.0543. The number of hydrogen-bond donors (Lipinski definition) is 0. The van der Waals surface area contributed by atoms with Gasteiger partial charge in [-0.3, -0.25) is 0 Å². The zero-order valence-corrected chi connectivity index (χ0v) is 37.1. The average Bonchev–Trinajstić information content (AvgIpc) is 3.26. The van der Waals surface area contributed by atoms with E-state index in [2.05, 4.69) is 29.3 Å². The van der Waals surface area contributed by atoms with E-state index in [1.165, 1.54) is 36.4 Å². The first-order chi connectivity index (χ1) is 28.7. The summed E-state index contributed by atoms with van der Waals surface area (Å²) in [5, 5.41) is 6.43. The molecule has 0 amide bonds. The molecule has 3 rings (SSSR count). The summed E-state index contributed by atoms with van der Waals surface area (Å²) in [6.07, 6.45) is 1.57. The molecule has 0 N–H and O–H groups in total. The number of ether oxygens (including phenoxy) is 3. The van der Waals surface area contributed by atoms with Crippen LogP contribution in [0, 0.1) is 5.41 Å². The van der Waals surface area contributed by atoms with Crippen LogP contribution in [-0.2, 0) is 43.5 Å². The maximum atomic E-state index is 12.5. The van der Waals surface area contributed by atoms with Crippen molar-refractivity contribution in [3.63, 3.8) is 0 Å². The van der Waals surface area contributed by atoms with Crippen LogP contribution in [0.4, 0.5) is 14.4 Å². The summed E-state index contributed by atoms with van der Waals surface area (Å²) in [4.78, 5) is 103. The Hall–Kier alpha value is -6.25. The van der Waals surface area contributed by atoms with E-state index in [0.29, 0.717) is 28.6 Å². The molecule has 15 nitrogen and oxygen atoms in total. The van der Waals surface area contributed by atoms with Crippen LogP contribution in [0.25, 0.3) is 0 Å². The van der Waals surface area contributed by atoms with Crippen LogP contribution in [0.15, 0.2) is 107 Å². The van der Waals surface area contributed by atoms with Gasteiger partial charge in [0, 0.05) is 0 Å². The number of rotatable bonds is 16. The monoisotopic (exact) mass is 872 g/mol.